The summed E-state index contributed by atoms with van der Waals surface area (Å²) in [6, 6.07) is 14.1. The minimum absolute atomic E-state index is 0.0192. The number of ether oxygens (including phenoxy) is 5. The molecule has 2 aromatic carbocycles. The van der Waals surface area contributed by atoms with Crippen LogP contribution in [0.5, 0.6) is 5.75 Å². The molecule has 0 spiro atoms. The maximum absolute atomic E-state index is 10.3. The zero-order chi connectivity index (χ0) is 29.5. The number of rotatable bonds is 19. The summed E-state index contributed by atoms with van der Waals surface area (Å²) in [4.78, 5) is 0. The van der Waals surface area contributed by atoms with Crippen LogP contribution in [-0.4, -0.2) is 88.8 Å². The quantitative estimate of drug-likeness (QED) is 0.146. The van der Waals surface area contributed by atoms with E-state index < -0.39 is 6.10 Å². The van der Waals surface area contributed by atoms with E-state index in [-0.39, 0.29) is 23.9 Å². The Morgan fingerprint density at radius 1 is 0.902 bits per heavy atom. The molecule has 1 heterocycles. The Morgan fingerprint density at radius 2 is 1.63 bits per heavy atom. The number of piperidine rings is 1. The molecular weight excluding hydrogens is 524 g/mol. The number of aromatic hydroxyl groups is 1. The fraction of sp³-hybridized carbons (Fsp3) is 0.625. The molecule has 41 heavy (non-hydrogen) atoms. The molecule has 2 aromatic rings. The highest BCUT2D eigenvalue weighted by Gasteiger charge is 2.36. The van der Waals surface area contributed by atoms with Gasteiger partial charge in [0.15, 0.2) is 0 Å². The summed E-state index contributed by atoms with van der Waals surface area (Å²) in [5, 5.41) is 26.8. The van der Waals surface area contributed by atoms with Crippen molar-refractivity contribution in [3.05, 3.63) is 59.2 Å². The molecule has 1 saturated heterocycles. The normalized spacial score (nSPS) is 20.6. The van der Waals surface area contributed by atoms with Gasteiger partial charge in [-0.3, -0.25) is 0 Å². The third-order valence-corrected chi connectivity index (χ3v) is 7.21. The predicted octanol–water partition coefficient (Wildman–Crippen LogP) is 4.07. The average Bonchev–Trinajstić information content (AvgIpc) is 2.96. The van der Waals surface area contributed by atoms with Crippen LogP contribution in [-0.2, 0) is 36.9 Å². The summed E-state index contributed by atoms with van der Waals surface area (Å²) < 4.78 is 29.0. The van der Waals surface area contributed by atoms with Crippen LogP contribution in [0, 0.1) is 5.92 Å². The lowest BCUT2D eigenvalue weighted by atomic mass is 9.85. The van der Waals surface area contributed by atoms with Gasteiger partial charge in [-0.1, -0.05) is 37.3 Å². The molecule has 1 fully saturated rings. The number of aliphatic hydroxyl groups excluding tert-OH is 1. The number of anilines is 1. The van der Waals surface area contributed by atoms with E-state index in [1.807, 2.05) is 12.1 Å². The van der Waals surface area contributed by atoms with E-state index in [2.05, 4.69) is 41.8 Å². The molecule has 1 unspecified atom stereocenters. The van der Waals surface area contributed by atoms with Gasteiger partial charge in [-0.15, -0.1) is 0 Å². The van der Waals surface area contributed by atoms with E-state index in [0.717, 1.165) is 23.1 Å². The van der Waals surface area contributed by atoms with Crippen LogP contribution in [0.15, 0.2) is 42.5 Å². The lowest BCUT2D eigenvalue weighted by Crippen LogP contribution is -2.50. The van der Waals surface area contributed by atoms with Crippen LogP contribution in [0.25, 0.3) is 0 Å². The number of phenolic OH excluding ortho intramolecular Hbond substituents is 1. The zero-order valence-corrected chi connectivity index (χ0v) is 25.1. The van der Waals surface area contributed by atoms with E-state index >= 15 is 0 Å². The topological polar surface area (TPSA) is 111 Å². The standard InChI is InChI=1S/C32H50N2O7/c1-23(19-38-4)20-39-21-25-6-9-27(10-7-25)32-30(40-15-12-24(2)35)17-33-18-31(32)41-22-26-8-11-29(36)28(16-26)34-13-5-14-37-3/h6-11,16,23-24,30-36H,5,12-15,17-22H2,1-4H3/t23-,24-,30+,31-,32?/m0/s1. The van der Waals surface area contributed by atoms with Gasteiger partial charge in [0.25, 0.3) is 0 Å². The van der Waals surface area contributed by atoms with E-state index in [1.165, 1.54) is 0 Å². The number of benzene rings is 2. The van der Waals surface area contributed by atoms with E-state index in [4.69, 9.17) is 23.7 Å². The Balaban J connectivity index is 1.68. The zero-order valence-electron chi connectivity index (χ0n) is 25.1. The molecule has 0 aromatic heterocycles. The fourth-order valence-electron chi connectivity index (χ4n) is 5.01. The van der Waals surface area contributed by atoms with Crippen LogP contribution < -0.4 is 10.6 Å². The SMILES string of the molecule is COCCCNc1cc(CO[C@H]2CNC[C@@H](OCC[C@H](C)O)C2c2ccc(COC[C@@H](C)COC)cc2)ccc1O. The summed E-state index contributed by atoms with van der Waals surface area (Å²) in [5.74, 6) is 0.584. The lowest BCUT2D eigenvalue weighted by molar-refractivity contribution is -0.0639. The second kappa shape index (κ2) is 18.3. The molecule has 0 radical (unpaired) electrons. The van der Waals surface area contributed by atoms with Gasteiger partial charge in [0.1, 0.15) is 5.75 Å². The van der Waals surface area contributed by atoms with E-state index in [1.54, 1.807) is 27.2 Å². The smallest absolute Gasteiger partial charge is 0.138 e. The first-order chi connectivity index (χ1) is 19.9. The molecular formula is C32H50N2O7. The summed E-state index contributed by atoms with van der Waals surface area (Å²) in [6.45, 7) is 9.44. The van der Waals surface area contributed by atoms with Crippen molar-refractivity contribution in [1.29, 1.82) is 0 Å². The molecule has 0 amide bonds. The summed E-state index contributed by atoms with van der Waals surface area (Å²) in [5.41, 5.74) is 3.93. The molecule has 3 rings (SSSR count). The molecule has 230 valence electrons. The number of hydrogen-bond donors (Lipinski definition) is 4. The van der Waals surface area contributed by atoms with Gasteiger partial charge in [-0.25, -0.2) is 0 Å². The Kier molecular flexibility index (Phi) is 14.9. The molecule has 0 saturated carbocycles. The van der Waals surface area contributed by atoms with Crippen molar-refractivity contribution < 1.29 is 33.9 Å². The minimum atomic E-state index is -0.408. The first-order valence-electron chi connectivity index (χ1n) is 14.7. The van der Waals surface area contributed by atoms with Crippen molar-refractivity contribution in [2.75, 3.05) is 65.6 Å². The number of hydrogen-bond acceptors (Lipinski definition) is 9. The number of phenols is 1. The van der Waals surface area contributed by atoms with Crippen molar-refractivity contribution in [3.63, 3.8) is 0 Å². The summed E-state index contributed by atoms with van der Waals surface area (Å²) in [6.07, 6.45) is 0.807. The highest BCUT2D eigenvalue weighted by molar-refractivity contribution is 5.57. The van der Waals surface area contributed by atoms with Crippen molar-refractivity contribution in [2.45, 2.75) is 64.1 Å². The molecule has 0 bridgehead atoms. The summed E-state index contributed by atoms with van der Waals surface area (Å²) >= 11 is 0. The third-order valence-electron chi connectivity index (χ3n) is 7.21. The van der Waals surface area contributed by atoms with Gasteiger partial charge < -0.3 is 44.5 Å². The highest BCUT2D eigenvalue weighted by Crippen LogP contribution is 2.32. The number of nitrogens with one attached hydrogen (secondary N) is 2. The largest absolute Gasteiger partial charge is 0.506 e. The van der Waals surface area contributed by atoms with E-state index in [9.17, 15) is 10.2 Å². The van der Waals surface area contributed by atoms with E-state index in [0.29, 0.717) is 77.3 Å². The van der Waals surface area contributed by atoms with Crippen molar-refractivity contribution >= 4 is 5.69 Å². The molecule has 5 atom stereocenters. The number of methoxy groups -OCH3 is 2. The van der Waals surface area contributed by atoms with Gasteiger partial charge in [-0.05, 0) is 48.6 Å². The first kappa shape index (κ1) is 33.3. The Bertz CT molecular complexity index is 989. The Hall–Kier alpha value is -2.24. The monoisotopic (exact) mass is 574 g/mol. The van der Waals surface area contributed by atoms with Crippen molar-refractivity contribution in [3.8, 4) is 5.75 Å². The molecule has 9 nitrogen and oxygen atoms in total. The molecule has 4 N–H and O–H groups in total. The average molecular weight is 575 g/mol. The molecule has 1 aliphatic rings. The van der Waals surface area contributed by atoms with Crippen LogP contribution in [0.1, 0.15) is 49.3 Å². The molecule has 0 aliphatic carbocycles. The van der Waals surface area contributed by atoms with Gasteiger partial charge in [-0.2, -0.15) is 0 Å². The van der Waals surface area contributed by atoms with Gasteiger partial charge >= 0.3 is 0 Å². The van der Waals surface area contributed by atoms with Crippen LogP contribution >= 0.6 is 0 Å². The first-order valence-corrected chi connectivity index (χ1v) is 14.7. The second-order valence-corrected chi connectivity index (χ2v) is 11.0. The maximum Gasteiger partial charge on any atom is 0.138 e. The van der Waals surface area contributed by atoms with Crippen molar-refractivity contribution in [2.24, 2.45) is 5.92 Å². The Morgan fingerprint density at radius 3 is 2.34 bits per heavy atom. The van der Waals surface area contributed by atoms with Gasteiger partial charge in [0, 0.05) is 58.9 Å². The second-order valence-electron chi connectivity index (χ2n) is 11.0. The maximum atomic E-state index is 10.3. The minimum Gasteiger partial charge on any atom is -0.506 e. The summed E-state index contributed by atoms with van der Waals surface area (Å²) in [7, 11) is 3.39. The lowest BCUT2D eigenvalue weighted by Gasteiger charge is -2.39. The van der Waals surface area contributed by atoms with Crippen LogP contribution in [0.2, 0.25) is 0 Å². The molecule has 1 aliphatic heterocycles. The third kappa shape index (κ3) is 11.5. The Labute approximate surface area is 245 Å². The number of aliphatic hydroxyl groups is 1. The van der Waals surface area contributed by atoms with Crippen LogP contribution in [0.4, 0.5) is 5.69 Å². The van der Waals surface area contributed by atoms with Gasteiger partial charge in [0.05, 0.1) is 50.4 Å². The van der Waals surface area contributed by atoms with Crippen molar-refractivity contribution in [1.82, 2.24) is 5.32 Å². The molecule has 9 heteroatoms. The van der Waals surface area contributed by atoms with Gasteiger partial charge in [0.2, 0.25) is 0 Å². The highest BCUT2D eigenvalue weighted by atomic mass is 16.5. The predicted molar refractivity (Wildman–Crippen MR) is 160 cm³/mol. The fourth-order valence-corrected chi connectivity index (χ4v) is 5.01. The van der Waals surface area contributed by atoms with Crippen LogP contribution in [0.3, 0.4) is 0 Å².